The lowest BCUT2D eigenvalue weighted by molar-refractivity contribution is -0.870. The maximum Gasteiger partial charge on any atom is 0.306 e. The van der Waals surface area contributed by atoms with Gasteiger partial charge in [0.2, 0.25) is 0 Å². The van der Waals surface area contributed by atoms with E-state index in [1.165, 1.54) is 44.9 Å². The first kappa shape index (κ1) is 69.9. The SMILES string of the molecule is CC/C=C\C/C=C\C/C=C\C/C=C\C/C=C\C/C=C\C/C=C\C/C=C\C/C=C\C/C=C\CCCCC(=O)OC(COC(=O)CCCCCCCCC/C=C\C/C=C\CCCCC)COP(=O)([O-])OCC[N+](C)(C)C. The summed E-state index contributed by atoms with van der Waals surface area (Å²) in [7, 11) is 1.11. The fourth-order valence-electron chi connectivity index (χ4n) is 6.95. The second kappa shape index (κ2) is 53.7. The van der Waals surface area contributed by atoms with Crippen LogP contribution in [0, 0.1) is 0 Å². The topological polar surface area (TPSA) is 111 Å². The number of phosphoric ester groups is 1. The molecular weight excluding hydrogens is 942 g/mol. The van der Waals surface area contributed by atoms with Crippen LogP contribution in [0.4, 0.5) is 0 Å². The van der Waals surface area contributed by atoms with Gasteiger partial charge in [-0.15, -0.1) is 0 Å². The number of carbonyl (C=O) groups is 2. The van der Waals surface area contributed by atoms with E-state index in [4.69, 9.17) is 18.5 Å². The zero-order valence-corrected chi connectivity index (χ0v) is 48.1. The Balaban J connectivity index is 4.32. The molecule has 0 heterocycles. The zero-order valence-electron chi connectivity index (χ0n) is 47.2. The highest BCUT2D eigenvalue weighted by atomic mass is 31.2. The van der Waals surface area contributed by atoms with Crippen LogP contribution in [0.3, 0.4) is 0 Å². The van der Waals surface area contributed by atoms with Crippen LogP contribution < -0.4 is 4.89 Å². The molecule has 0 aliphatic rings. The number of likely N-dealkylation sites (N-methyl/N-ethyl adjacent to an activating group) is 1. The van der Waals surface area contributed by atoms with Crippen LogP contribution in [0.2, 0.25) is 0 Å². The molecule has 0 saturated carbocycles. The first-order chi connectivity index (χ1) is 36.0. The summed E-state index contributed by atoms with van der Waals surface area (Å²) >= 11 is 0. The highest BCUT2D eigenvalue weighted by Gasteiger charge is 2.21. The van der Waals surface area contributed by atoms with Crippen LogP contribution in [-0.4, -0.2) is 70.0 Å². The lowest BCUT2D eigenvalue weighted by Gasteiger charge is -2.28. The first-order valence-corrected chi connectivity index (χ1v) is 30.0. The Morgan fingerprint density at radius 1 is 0.432 bits per heavy atom. The van der Waals surface area contributed by atoms with E-state index in [9.17, 15) is 19.0 Å². The molecule has 0 rings (SSSR count). The smallest absolute Gasteiger partial charge is 0.306 e. The summed E-state index contributed by atoms with van der Waals surface area (Å²) in [6, 6.07) is 0. The van der Waals surface area contributed by atoms with Gasteiger partial charge in [0, 0.05) is 12.8 Å². The third kappa shape index (κ3) is 57.2. The molecule has 74 heavy (non-hydrogen) atoms. The Kier molecular flexibility index (Phi) is 50.7. The maximum absolute atomic E-state index is 12.8. The normalized spacial score (nSPS) is 14.4. The molecule has 10 heteroatoms. The number of nitrogens with zero attached hydrogens (tertiary/aromatic N) is 1. The zero-order chi connectivity index (χ0) is 54.2. The van der Waals surface area contributed by atoms with Crippen molar-refractivity contribution in [2.45, 2.75) is 200 Å². The van der Waals surface area contributed by atoms with E-state index in [1.807, 2.05) is 21.1 Å². The van der Waals surface area contributed by atoms with Crippen LogP contribution in [0.15, 0.2) is 146 Å². The van der Waals surface area contributed by atoms with Crippen LogP contribution in [0.5, 0.6) is 0 Å². The number of hydrogen-bond acceptors (Lipinski definition) is 8. The van der Waals surface area contributed by atoms with Crippen molar-refractivity contribution in [3.05, 3.63) is 146 Å². The van der Waals surface area contributed by atoms with Crippen LogP contribution >= 0.6 is 7.82 Å². The number of phosphoric acid groups is 1. The average molecular weight is 1050 g/mol. The van der Waals surface area contributed by atoms with E-state index >= 15 is 0 Å². The molecule has 0 aliphatic heterocycles. The second-order valence-electron chi connectivity index (χ2n) is 19.6. The van der Waals surface area contributed by atoms with Gasteiger partial charge in [0.1, 0.15) is 19.8 Å². The van der Waals surface area contributed by atoms with Gasteiger partial charge in [0.05, 0.1) is 27.7 Å². The fraction of sp³-hybridized carbons (Fsp3) is 0.594. The summed E-state index contributed by atoms with van der Waals surface area (Å²) in [5.41, 5.74) is 0. The van der Waals surface area contributed by atoms with Gasteiger partial charge in [-0.1, -0.05) is 205 Å². The Morgan fingerprint density at radius 3 is 1.18 bits per heavy atom. The molecule has 0 fully saturated rings. The number of hydrogen-bond donors (Lipinski definition) is 0. The van der Waals surface area contributed by atoms with E-state index in [2.05, 4.69) is 160 Å². The maximum atomic E-state index is 12.8. The van der Waals surface area contributed by atoms with E-state index in [0.717, 1.165) is 109 Å². The van der Waals surface area contributed by atoms with Crippen molar-refractivity contribution in [2.24, 2.45) is 0 Å². The largest absolute Gasteiger partial charge is 0.756 e. The van der Waals surface area contributed by atoms with Gasteiger partial charge in [0.15, 0.2) is 6.10 Å². The molecule has 0 aromatic rings. The molecule has 2 unspecified atom stereocenters. The molecule has 0 N–H and O–H groups in total. The number of carbonyl (C=O) groups excluding carboxylic acids is 2. The standard InChI is InChI=1S/C64H104NO8P/c1-6-8-10-12-14-16-18-20-22-24-25-26-27-28-29-30-31-32-33-34-35-36-37-38-39-41-43-45-47-49-51-53-55-57-64(67)73-62(61-72-74(68,69)71-59-58-65(3,4)5)60-70-63(66)56-54-52-50-48-46-44-42-40-23-21-19-17-15-13-11-9-7-2/h8,10,14-17,20-23,25-26,28-29,31-32,34-35,37-38,41,43,47,49,62H,6-7,9,11-13,18-19,24,27,30,33,36,39-40,42,44-46,48,50-61H2,1-5H3/b10-8-,16-14-,17-15-,22-20-,23-21-,26-25-,29-28-,32-31-,35-34-,38-37-,43-41-,49-47-. The van der Waals surface area contributed by atoms with Crippen LogP contribution in [0.25, 0.3) is 0 Å². The average Bonchev–Trinajstić information content (AvgIpc) is 3.36. The predicted octanol–water partition coefficient (Wildman–Crippen LogP) is 17.3. The molecule has 0 bridgehead atoms. The van der Waals surface area contributed by atoms with Crippen molar-refractivity contribution in [3.8, 4) is 0 Å². The molecule has 0 spiro atoms. The lowest BCUT2D eigenvalue weighted by atomic mass is 10.1. The molecule has 2 atom stereocenters. The minimum atomic E-state index is -4.66. The monoisotopic (exact) mass is 1050 g/mol. The summed E-state index contributed by atoms with van der Waals surface area (Å²) in [5.74, 6) is -0.907. The van der Waals surface area contributed by atoms with E-state index in [0.29, 0.717) is 23.9 Å². The van der Waals surface area contributed by atoms with Crippen molar-refractivity contribution in [1.82, 2.24) is 0 Å². The quantitative estimate of drug-likeness (QED) is 0.0195. The van der Waals surface area contributed by atoms with Crippen LogP contribution in [0.1, 0.15) is 194 Å². The Labute approximate surface area is 453 Å². The van der Waals surface area contributed by atoms with E-state index in [-0.39, 0.29) is 26.1 Å². The van der Waals surface area contributed by atoms with Crippen molar-refractivity contribution >= 4 is 19.8 Å². The summed E-state index contributed by atoms with van der Waals surface area (Å²) in [4.78, 5) is 37.8. The Bertz CT molecular complexity index is 1760. The lowest BCUT2D eigenvalue weighted by Crippen LogP contribution is -2.37. The Hall–Kier alpha value is -4.11. The predicted molar refractivity (Wildman–Crippen MR) is 314 cm³/mol. The fourth-order valence-corrected chi connectivity index (χ4v) is 7.68. The number of ether oxygens (including phenoxy) is 2. The Morgan fingerprint density at radius 2 is 0.770 bits per heavy atom. The second-order valence-corrected chi connectivity index (χ2v) is 21.0. The number of quaternary nitrogens is 1. The first-order valence-electron chi connectivity index (χ1n) is 28.5. The van der Waals surface area contributed by atoms with E-state index < -0.39 is 32.5 Å². The molecule has 0 aromatic carbocycles. The van der Waals surface area contributed by atoms with Gasteiger partial charge in [-0.25, -0.2) is 0 Å². The highest BCUT2D eigenvalue weighted by molar-refractivity contribution is 7.45. The summed E-state index contributed by atoms with van der Waals surface area (Å²) in [5, 5.41) is 0. The van der Waals surface area contributed by atoms with Crippen molar-refractivity contribution in [1.29, 1.82) is 0 Å². The molecule has 9 nitrogen and oxygen atoms in total. The molecular formula is C64H104NO8P. The minimum Gasteiger partial charge on any atom is -0.756 e. The molecule has 0 radical (unpaired) electrons. The van der Waals surface area contributed by atoms with Gasteiger partial charge in [0.25, 0.3) is 7.82 Å². The number of esters is 2. The van der Waals surface area contributed by atoms with E-state index in [1.54, 1.807) is 0 Å². The molecule has 418 valence electrons. The molecule has 0 saturated heterocycles. The van der Waals surface area contributed by atoms with Crippen molar-refractivity contribution < 1.29 is 42.1 Å². The van der Waals surface area contributed by atoms with Gasteiger partial charge >= 0.3 is 11.9 Å². The molecule has 0 aromatic heterocycles. The van der Waals surface area contributed by atoms with Gasteiger partial charge in [-0.3, -0.25) is 14.2 Å². The summed E-state index contributed by atoms with van der Waals surface area (Å²) in [6.07, 6.45) is 78.9. The summed E-state index contributed by atoms with van der Waals surface area (Å²) in [6.45, 7) is 4.01. The number of rotatable bonds is 50. The number of allylic oxidation sites excluding steroid dienone is 24. The minimum absolute atomic E-state index is 0.0494. The molecule has 0 amide bonds. The number of unbranched alkanes of at least 4 members (excludes halogenated alkanes) is 12. The van der Waals surface area contributed by atoms with Gasteiger partial charge in [-0.2, -0.15) is 0 Å². The summed E-state index contributed by atoms with van der Waals surface area (Å²) < 4.78 is 34.0. The third-order valence-corrected chi connectivity index (χ3v) is 12.3. The van der Waals surface area contributed by atoms with Gasteiger partial charge in [-0.05, 0) is 122 Å². The van der Waals surface area contributed by atoms with Crippen LogP contribution in [-0.2, 0) is 32.7 Å². The van der Waals surface area contributed by atoms with Gasteiger partial charge < -0.3 is 27.9 Å². The highest BCUT2D eigenvalue weighted by Crippen LogP contribution is 2.38. The third-order valence-electron chi connectivity index (χ3n) is 11.3. The van der Waals surface area contributed by atoms with Crippen molar-refractivity contribution in [2.75, 3.05) is 47.5 Å². The molecule has 0 aliphatic carbocycles. The van der Waals surface area contributed by atoms with Crippen molar-refractivity contribution in [3.63, 3.8) is 0 Å².